The minimum Gasteiger partial charge on any atom is -0.322 e. The molecule has 3 nitrogen and oxygen atoms in total. The van der Waals surface area contributed by atoms with E-state index in [2.05, 4.69) is 21.2 Å². The van der Waals surface area contributed by atoms with Gasteiger partial charge in [-0.3, -0.25) is 4.79 Å². The Labute approximate surface area is 180 Å². The largest absolute Gasteiger partial charge is 0.322 e. The highest BCUT2D eigenvalue weighted by atomic mass is 79.9. The van der Waals surface area contributed by atoms with E-state index in [9.17, 15) is 4.79 Å². The maximum atomic E-state index is 13.2. The summed E-state index contributed by atoms with van der Waals surface area (Å²) in [5.74, 6) is -0.143. The molecule has 5 heteroatoms. The molecule has 0 spiro atoms. The molecule has 2 heterocycles. The number of para-hydroxylation sites is 1. The molecule has 29 heavy (non-hydrogen) atoms. The molecule has 0 fully saturated rings. The van der Waals surface area contributed by atoms with Gasteiger partial charge in [0, 0.05) is 15.5 Å². The van der Waals surface area contributed by atoms with Gasteiger partial charge in [0.25, 0.3) is 5.91 Å². The molecule has 0 aliphatic heterocycles. The van der Waals surface area contributed by atoms with Crippen molar-refractivity contribution in [3.05, 3.63) is 94.3 Å². The number of nitrogens with zero attached hydrogens (tertiary/aromatic N) is 1. The predicted octanol–water partition coefficient (Wildman–Crippen LogP) is 7.13. The van der Waals surface area contributed by atoms with Gasteiger partial charge in [0.15, 0.2) is 0 Å². The predicted molar refractivity (Wildman–Crippen MR) is 125 cm³/mol. The molecule has 2 aromatic heterocycles. The second-order valence-corrected chi connectivity index (χ2v) is 8.48. The van der Waals surface area contributed by atoms with Crippen LogP contribution in [0, 0.1) is 0 Å². The Morgan fingerprint density at radius 3 is 2.66 bits per heavy atom. The third-order valence-corrected chi connectivity index (χ3v) is 6.40. The van der Waals surface area contributed by atoms with Crippen LogP contribution in [0.15, 0.2) is 88.7 Å². The summed E-state index contributed by atoms with van der Waals surface area (Å²) in [5, 5.41) is 8.09. The summed E-state index contributed by atoms with van der Waals surface area (Å²) >= 11 is 5.18. The van der Waals surface area contributed by atoms with Crippen molar-refractivity contribution in [3.8, 4) is 10.6 Å². The number of hydrogen-bond donors (Lipinski definition) is 1. The summed E-state index contributed by atoms with van der Waals surface area (Å²) in [6.45, 7) is 0. The van der Waals surface area contributed by atoms with Gasteiger partial charge in [0.2, 0.25) is 0 Å². The number of hydrogen-bond acceptors (Lipinski definition) is 3. The van der Waals surface area contributed by atoms with E-state index in [4.69, 9.17) is 4.98 Å². The number of anilines is 1. The van der Waals surface area contributed by atoms with E-state index in [-0.39, 0.29) is 5.91 Å². The zero-order valence-corrected chi connectivity index (χ0v) is 17.6. The van der Waals surface area contributed by atoms with Crippen molar-refractivity contribution in [1.82, 2.24) is 4.98 Å². The average Bonchev–Trinajstić information content (AvgIpc) is 3.28. The van der Waals surface area contributed by atoms with Crippen molar-refractivity contribution in [2.75, 3.05) is 5.32 Å². The topological polar surface area (TPSA) is 42.0 Å². The zero-order valence-electron chi connectivity index (χ0n) is 15.2. The van der Waals surface area contributed by atoms with E-state index < -0.39 is 0 Å². The first-order valence-corrected chi connectivity index (χ1v) is 10.8. The van der Waals surface area contributed by atoms with Gasteiger partial charge in [0.1, 0.15) is 0 Å². The van der Waals surface area contributed by atoms with Gasteiger partial charge in [-0.15, -0.1) is 11.3 Å². The maximum absolute atomic E-state index is 13.2. The standard InChI is InChI=1S/C24H15BrN2OS/c25-20-7-3-5-15-13-16(10-11-17(15)20)26-24(28)19-14-22(23-9-4-12-29-23)27-21-8-2-1-6-18(19)21/h1-14H,(H,26,28). The second kappa shape index (κ2) is 7.43. The minimum atomic E-state index is -0.143. The average molecular weight is 459 g/mol. The van der Waals surface area contributed by atoms with Crippen molar-refractivity contribution < 1.29 is 4.79 Å². The number of halogens is 1. The number of rotatable bonds is 3. The van der Waals surface area contributed by atoms with Crippen LogP contribution in [0.2, 0.25) is 0 Å². The van der Waals surface area contributed by atoms with Crippen LogP contribution in [0.25, 0.3) is 32.2 Å². The fourth-order valence-electron chi connectivity index (χ4n) is 3.43. The monoisotopic (exact) mass is 458 g/mol. The highest BCUT2D eigenvalue weighted by molar-refractivity contribution is 9.10. The Morgan fingerprint density at radius 1 is 0.897 bits per heavy atom. The SMILES string of the molecule is O=C(Nc1ccc2c(Br)cccc2c1)c1cc(-c2cccs2)nc2ccccc12. The van der Waals surface area contributed by atoms with Crippen LogP contribution in [0.5, 0.6) is 0 Å². The Balaban J connectivity index is 1.57. The summed E-state index contributed by atoms with van der Waals surface area (Å²) < 4.78 is 1.04. The van der Waals surface area contributed by atoms with Gasteiger partial charge in [-0.05, 0) is 52.6 Å². The first-order valence-electron chi connectivity index (χ1n) is 9.12. The number of pyridine rings is 1. The van der Waals surface area contributed by atoms with Crippen LogP contribution in [0.1, 0.15) is 10.4 Å². The van der Waals surface area contributed by atoms with Crippen LogP contribution in [-0.4, -0.2) is 10.9 Å². The molecule has 0 aliphatic carbocycles. The number of thiophene rings is 1. The molecule has 0 unspecified atom stereocenters. The summed E-state index contributed by atoms with van der Waals surface area (Å²) in [7, 11) is 0. The lowest BCUT2D eigenvalue weighted by Gasteiger charge is -2.11. The minimum absolute atomic E-state index is 0.143. The summed E-state index contributed by atoms with van der Waals surface area (Å²) in [4.78, 5) is 19.0. The molecule has 1 amide bonds. The Morgan fingerprint density at radius 2 is 1.79 bits per heavy atom. The van der Waals surface area contributed by atoms with Gasteiger partial charge < -0.3 is 5.32 Å². The van der Waals surface area contributed by atoms with Crippen molar-refractivity contribution in [2.45, 2.75) is 0 Å². The first kappa shape index (κ1) is 18.0. The van der Waals surface area contributed by atoms with Gasteiger partial charge in [-0.1, -0.05) is 58.4 Å². The molecule has 0 saturated carbocycles. The first-order chi connectivity index (χ1) is 14.2. The van der Waals surface area contributed by atoms with E-state index >= 15 is 0 Å². The van der Waals surface area contributed by atoms with Crippen LogP contribution in [-0.2, 0) is 0 Å². The second-order valence-electron chi connectivity index (χ2n) is 6.68. The normalized spacial score (nSPS) is 11.1. The van der Waals surface area contributed by atoms with Crippen LogP contribution in [0.4, 0.5) is 5.69 Å². The van der Waals surface area contributed by atoms with E-state index in [1.807, 2.05) is 84.2 Å². The molecule has 0 aliphatic rings. The van der Waals surface area contributed by atoms with Crippen LogP contribution >= 0.6 is 27.3 Å². The van der Waals surface area contributed by atoms with Gasteiger partial charge in [-0.2, -0.15) is 0 Å². The maximum Gasteiger partial charge on any atom is 0.256 e. The van der Waals surface area contributed by atoms with E-state index in [0.717, 1.165) is 42.4 Å². The summed E-state index contributed by atoms with van der Waals surface area (Å²) in [5.41, 5.74) is 3.00. The number of aromatic nitrogens is 1. The van der Waals surface area contributed by atoms with Crippen LogP contribution < -0.4 is 5.32 Å². The summed E-state index contributed by atoms with van der Waals surface area (Å²) in [6, 6.07) is 25.6. The Kier molecular flexibility index (Phi) is 4.62. The molecule has 5 rings (SSSR count). The van der Waals surface area contributed by atoms with Gasteiger partial charge in [-0.25, -0.2) is 4.98 Å². The number of nitrogens with one attached hydrogen (secondary N) is 1. The number of carbonyl (C=O) groups excluding carboxylic acids is 1. The smallest absolute Gasteiger partial charge is 0.256 e. The molecule has 0 bridgehead atoms. The third kappa shape index (κ3) is 3.43. The fraction of sp³-hybridized carbons (Fsp3) is 0. The van der Waals surface area contributed by atoms with Crippen molar-refractivity contribution in [3.63, 3.8) is 0 Å². The van der Waals surface area contributed by atoms with Crippen molar-refractivity contribution in [1.29, 1.82) is 0 Å². The Hall–Kier alpha value is -3.02. The van der Waals surface area contributed by atoms with E-state index in [1.54, 1.807) is 11.3 Å². The van der Waals surface area contributed by atoms with Gasteiger partial charge in [0.05, 0.1) is 21.7 Å². The third-order valence-electron chi connectivity index (χ3n) is 4.82. The van der Waals surface area contributed by atoms with Crippen molar-refractivity contribution in [2.24, 2.45) is 0 Å². The van der Waals surface area contributed by atoms with E-state index in [1.165, 1.54) is 0 Å². The Bertz CT molecular complexity index is 1360. The number of benzene rings is 3. The molecular weight excluding hydrogens is 444 g/mol. The number of amides is 1. The lowest BCUT2D eigenvalue weighted by molar-refractivity contribution is 0.102. The lowest BCUT2D eigenvalue weighted by Crippen LogP contribution is -2.13. The molecule has 0 saturated heterocycles. The number of fused-ring (bicyclic) bond motifs is 2. The molecule has 0 atom stereocenters. The highest BCUT2D eigenvalue weighted by Crippen LogP contribution is 2.29. The number of carbonyl (C=O) groups is 1. The van der Waals surface area contributed by atoms with Crippen LogP contribution in [0.3, 0.4) is 0 Å². The molecule has 140 valence electrons. The van der Waals surface area contributed by atoms with E-state index in [0.29, 0.717) is 5.56 Å². The molecule has 5 aromatic rings. The van der Waals surface area contributed by atoms with Crippen molar-refractivity contribution >= 4 is 60.5 Å². The zero-order chi connectivity index (χ0) is 19.8. The highest BCUT2D eigenvalue weighted by Gasteiger charge is 2.15. The van der Waals surface area contributed by atoms with Gasteiger partial charge >= 0.3 is 0 Å². The quantitative estimate of drug-likeness (QED) is 0.312. The summed E-state index contributed by atoms with van der Waals surface area (Å²) in [6.07, 6.45) is 0. The molecule has 1 N–H and O–H groups in total. The molecule has 0 radical (unpaired) electrons. The lowest BCUT2D eigenvalue weighted by atomic mass is 10.1. The molecular formula is C24H15BrN2OS. The fourth-order valence-corrected chi connectivity index (χ4v) is 4.63. The molecule has 3 aromatic carbocycles.